The molecule has 148 valence electrons. The van der Waals surface area contributed by atoms with Gasteiger partial charge < -0.3 is 19.3 Å². The molecule has 2 amide bonds. The summed E-state index contributed by atoms with van der Waals surface area (Å²) < 4.78 is 11.8. The van der Waals surface area contributed by atoms with E-state index in [1.165, 1.54) is 4.90 Å². The molecule has 1 spiro atoms. The quantitative estimate of drug-likeness (QED) is 0.780. The molecule has 0 aromatic carbocycles. The molecule has 0 bridgehead atoms. The van der Waals surface area contributed by atoms with Gasteiger partial charge in [0.25, 0.3) is 5.91 Å². The fraction of sp³-hybridized carbons (Fsp3) is 0.650. The van der Waals surface area contributed by atoms with Crippen LogP contribution in [0, 0.1) is 0 Å². The van der Waals surface area contributed by atoms with Crippen LogP contribution in [0.5, 0.6) is 0 Å². The van der Waals surface area contributed by atoms with Crippen LogP contribution >= 0.6 is 0 Å². The largest absolute Gasteiger partial charge is 0.372 e. The minimum Gasteiger partial charge on any atom is -0.372 e. The fourth-order valence-corrected chi connectivity index (χ4v) is 3.64. The summed E-state index contributed by atoms with van der Waals surface area (Å²) >= 11 is 0. The number of amides is 2. The zero-order valence-electron chi connectivity index (χ0n) is 16.4. The first-order chi connectivity index (χ1) is 12.9. The van der Waals surface area contributed by atoms with E-state index in [1.807, 2.05) is 24.0 Å². The van der Waals surface area contributed by atoms with Crippen LogP contribution in [0.2, 0.25) is 0 Å². The van der Waals surface area contributed by atoms with E-state index in [1.54, 1.807) is 20.3 Å². The van der Waals surface area contributed by atoms with E-state index >= 15 is 0 Å². The Bertz CT molecular complexity index is 666. The number of rotatable bonds is 5. The number of aryl methyl sites for hydroxylation is 1. The molecule has 3 heterocycles. The topological polar surface area (TPSA) is 72.0 Å². The predicted molar refractivity (Wildman–Crippen MR) is 100 cm³/mol. The van der Waals surface area contributed by atoms with Crippen LogP contribution in [0.1, 0.15) is 42.2 Å². The first kappa shape index (κ1) is 19.8. The second-order valence-electron chi connectivity index (χ2n) is 7.60. The van der Waals surface area contributed by atoms with Crippen molar-refractivity contribution in [1.29, 1.82) is 0 Å². The number of carbonyl (C=O) groups is 2. The van der Waals surface area contributed by atoms with Crippen LogP contribution in [0.4, 0.5) is 0 Å². The van der Waals surface area contributed by atoms with Gasteiger partial charge >= 0.3 is 0 Å². The molecule has 1 atom stereocenters. The highest BCUT2D eigenvalue weighted by molar-refractivity contribution is 5.94. The summed E-state index contributed by atoms with van der Waals surface area (Å²) in [6, 6.07) is 3.77. The third kappa shape index (κ3) is 4.65. The van der Waals surface area contributed by atoms with Gasteiger partial charge in [0.2, 0.25) is 5.91 Å². The number of likely N-dealkylation sites (tertiary alicyclic amines) is 1. The SMILES string of the molecule is CCc1ccc(C(=O)N2CCC3(CC2)CC(OCC(=O)N(C)C)CO3)cn1. The van der Waals surface area contributed by atoms with Gasteiger partial charge in [-0.1, -0.05) is 6.92 Å². The summed E-state index contributed by atoms with van der Waals surface area (Å²) in [7, 11) is 3.44. The lowest BCUT2D eigenvalue weighted by Crippen LogP contribution is -2.46. The number of hydrogen-bond acceptors (Lipinski definition) is 5. The molecule has 2 aliphatic heterocycles. The Hall–Kier alpha value is -1.99. The molecular weight excluding hydrogens is 346 g/mol. The van der Waals surface area contributed by atoms with Crippen molar-refractivity contribution in [2.75, 3.05) is 40.4 Å². The van der Waals surface area contributed by atoms with Gasteiger partial charge in [0.1, 0.15) is 6.61 Å². The summed E-state index contributed by atoms with van der Waals surface area (Å²) in [5.41, 5.74) is 1.40. The standard InChI is InChI=1S/C20H29N3O4/c1-4-16-6-5-15(12-21-16)19(25)23-9-7-20(8-10-23)11-17(13-27-20)26-14-18(24)22(2)3/h5-6,12,17H,4,7-11,13-14H2,1-3H3. The fourth-order valence-electron chi connectivity index (χ4n) is 3.64. The molecule has 1 aromatic heterocycles. The lowest BCUT2D eigenvalue weighted by Gasteiger charge is -2.38. The van der Waals surface area contributed by atoms with E-state index in [4.69, 9.17) is 9.47 Å². The summed E-state index contributed by atoms with van der Waals surface area (Å²) in [6.45, 7) is 3.97. The van der Waals surface area contributed by atoms with Gasteiger partial charge in [0.15, 0.2) is 0 Å². The van der Waals surface area contributed by atoms with Crippen LogP contribution in [-0.4, -0.2) is 78.7 Å². The lowest BCUT2D eigenvalue weighted by atomic mass is 9.87. The molecule has 0 aliphatic carbocycles. The maximum Gasteiger partial charge on any atom is 0.255 e. The average Bonchev–Trinajstić information content (AvgIpc) is 3.08. The van der Waals surface area contributed by atoms with Gasteiger partial charge in [0, 0.05) is 45.5 Å². The smallest absolute Gasteiger partial charge is 0.255 e. The number of likely N-dealkylation sites (N-methyl/N-ethyl adjacent to an activating group) is 1. The van der Waals surface area contributed by atoms with Crippen molar-refractivity contribution in [2.24, 2.45) is 0 Å². The van der Waals surface area contributed by atoms with E-state index in [0.717, 1.165) is 31.4 Å². The highest BCUT2D eigenvalue weighted by Crippen LogP contribution is 2.37. The summed E-state index contributed by atoms with van der Waals surface area (Å²) in [6.07, 6.45) is 4.84. The molecule has 3 rings (SSSR count). The number of aromatic nitrogens is 1. The molecule has 0 radical (unpaired) electrons. The van der Waals surface area contributed by atoms with Crippen molar-refractivity contribution in [2.45, 2.75) is 44.3 Å². The lowest BCUT2D eigenvalue weighted by molar-refractivity contribution is -0.135. The second kappa shape index (κ2) is 8.35. The third-order valence-electron chi connectivity index (χ3n) is 5.51. The number of carbonyl (C=O) groups excluding carboxylic acids is 2. The molecule has 7 heteroatoms. The average molecular weight is 375 g/mol. The highest BCUT2D eigenvalue weighted by Gasteiger charge is 2.44. The van der Waals surface area contributed by atoms with E-state index in [0.29, 0.717) is 25.3 Å². The van der Waals surface area contributed by atoms with Gasteiger partial charge in [-0.2, -0.15) is 0 Å². The maximum absolute atomic E-state index is 12.7. The van der Waals surface area contributed by atoms with Crippen LogP contribution in [-0.2, 0) is 20.7 Å². The van der Waals surface area contributed by atoms with Gasteiger partial charge in [-0.3, -0.25) is 14.6 Å². The number of pyridine rings is 1. The van der Waals surface area contributed by atoms with Crippen molar-refractivity contribution in [3.8, 4) is 0 Å². The summed E-state index contributed by atoms with van der Waals surface area (Å²) in [4.78, 5) is 32.1. The Kier molecular flexibility index (Phi) is 6.11. The molecule has 1 aromatic rings. The van der Waals surface area contributed by atoms with Gasteiger partial charge in [-0.25, -0.2) is 0 Å². The van der Waals surface area contributed by atoms with Crippen LogP contribution in [0.25, 0.3) is 0 Å². The molecule has 27 heavy (non-hydrogen) atoms. The zero-order valence-corrected chi connectivity index (χ0v) is 16.4. The number of hydrogen-bond donors (Lipinski definition) is 0. The minimum absolute atomic E-state index is 0.0300. The monoisotopic (exact) mass is 375 g/mol. The van der Waals surface area contributed by atoms with E-state index < -0.39 is 0 Å². The van der Waals surface area contributed by atoms with E-state index in [9.17, 15) is 9.59 Å². The Balaban J connectivity index is 1.49. The Morgan fingerprint density at radius 2 is 2.07 bits per heavy atom. The van der Waals surface area contributed by atoms with E-state index in [2.05, 4.69) is 4.98 Å². The molecule has 0 N–H and O–H groups in total. The predicted octanol–water partition coefficient (Wildman–Crippen LogP) is 1.51. The summed E-state index contributed by atoms with van der Waals surface area (Å²) in [5, 5.41) is 0. The molecule has 0 saturated carbocycles. The molecule has 1 unspecified atom stereocenters. The Morgan fingerprint density at radius 1 is 1.33 bits per heavy atom. The molecule has 2 aliphatic rings. The van der Waals surface area contributed by atoms with Crippen LogP contribution in [0.15, 0.2) is 18.3 Å². The number of piperidine rings is 1. The van der Waals surface area contributed by atoms with Crippen molar-refractivity contribution >= 4 is 11.8 Å². The maximum atomic E-state index is 12.7. The normalized spacial score (nSPS) is 21.4. The first-order valence-corrected chi connectivity index (χ1v) is 9.62. The molecular formula is C20H29N3O4. The molecule has 2 fully saturated rings. The van der Waals surface area contributed by atoms with Crippen molar-refractivity contribution < 1.29 is 19.1 Å². The molecule has 7 nitrogen and oxygen atoms in total. The van der Waals surface area contributed by atoms with E-state index in [-0.39, 0.29) is 30.1 Å². The zero-order chi connectivity index (χ0) is 19.4. The Labute approximate surface area is 160 Å². The highest BCUT2D eigenvalue weighted by atomic mass is 16.6. The van der Waals surface area contributed by atoms with Crippen LogP contribution < -0.4 is 0 Å². The van der Waals surface area contributed by atoms with Crippen molar-refractivity contribution in [3.63, 3.8) is 0 Å². The second-order valence-corrected chi connectivity index (χ2v) is 7.60. The van der Waals surface area contributed by atoms with Gasteiger partial charge in [-0.05, 0) is 31.4 Å². The minimum atomic E-state index is -0.229. The van der Waals surface area contributed by atoms with Crippen molar-refractivity contribution in [1.82, 2.24) is 14.8 Å². The third-order valence-corrected chi connectivity index (χ3v) is 5.51. The summed E-state index contributed by atoms with van der Waals surface area (Å²) in [5.74, 6) is -0.0125. The van der Waals surface area contributed by atoms with Gasteiger partial charge in [0.05, 0.1) is 23.9 Å². The number of ether oxygens (including phenoxy) is 2. The molecule has 2 saturated heterocycles. The van der Waals surface area contributed by atoms with Crippen LogP contribution in [0.3, 0.4) is 0 Å². The number of nitrogens with zero attached hydrogens (tertiary/aromatic N) is 3. The Morgan fingerprint density at radius 3 is 2.67 bits per heavy atom. The van der Waals surface area contributed by atoms with Gasteiger partial charge in [-0.15, -0.1) is 0 Å². The first-order valence-electron chi connectivity index (χ1n) is 9.62. The van der Waals surface area contributed by atoms with Crippen molar-refractivity contribution in [3.05, 3.63) is 29.6 Å².